The quantitative estimate of drug-likeness (QED) is 0.169. The number of nitrogens with two attached hydrogens (primary N) is 4. The van der Waals surface area contributed by atoms with Gasteiger partial charge in [0.1, 0.15) is 0 Å². The summed E-state index contributed by atoms with van der Waals surface area (Å²) in [6.45, 7) is 4.42. The van der Waals surface area contributed by atoms with Crippen molar-refractivity contribution in [1.82, 2.24) is 0 Å². The molecule has 0 spiro atoms. The van der Waals surface area contributed by atoms with Crippen LogP contribution in [0.3, 0.4) is 0 Å². The van der Waals surface area contributed by atoms with Crippen LogP contribution in [-0.2, 0) is 5.41 Å². The molecule has 4 nitrogen and oxygen atoms in total. The van der Waals surface area contributed by atoms with E-state index in [1.807, 2.05) is 60.7 Å². The fourth-order valence-corrected chi connectivity index (χ4v) is 5.02. The van der Waals surface area contributed by atoms with Crippen LogP contribution in [-0.4, -0.2) is 0 Å². The van der Waals surface area contributed by atoms with E-state index in [0.717, 1.165) is 45.0 Å². The van der Waals surface area contributed by atoms with E-state index in [9.17, 15) is 0 Å². The van der Waals surface area contributed by atoms with E-state index in [1.54, 1.807) is 0 Å². The van der Waals surface area contributed by atoms with Gasteiger partial charge in [-0.2, -0.15) is 0 Å². The van der Waals surface area contributed by atoms with Crippen molar-refractivity contribution in [2.24, 2.45) is 0 Å². The first-order valence-electron chi connectivity index (χ1n) is 13.7. The number of anilines is 4. The number of rotatable bonds is 4. The van der Waals surface area contributed by atoms with E-state index in [0.29, 0.717) is 0 Å². The zero-order valence-electron chi connectivity index (χ0n) is 23.5. The lowest BCUT2D eigenvalue weighted by atomic mass is 9.76. The lowest BCUT2D eigenvalue weighted by molar-refractivity contribution is 0.641. The van der Waals surface area contributed by atoms with Gasteiger partial charge in [0.15, 0.2) is 0 Å². The van der Waals surface area contributed by atoms with E-state index in [4.69, 9.17) is 22.9 Å². The van der Waals surface area contributed by atoms with E-state index in [2.05, 4.69) is 86.6 Å². The van der Waals surface area contributed by atoms with Gasteiger partial charge in [-0.05, 0) is 81.6 Å². The molecule has 0 unspecified atom stereocenters. The molecule has 0 atom stereocenters. The molecule has 0 aliphatic rings. The first-order chi connectivity index (χ1) is 19.7. The average Bonchev–Trinajstić information content (AvgIpc) is 2.99. The van der Waals surface area contributed by atoms with E-state index in [-0.39, 0.29) is 5.41 Å². The van der Waals surface area contributed by atoms with Gasteiger partial charge in [0, 0.05) is 39.3 Å². The Morgan fingerprint density at radius 3 is 1.10 bits per heavy atom. The van der Waals surface area contributed by atoms with Crippen LogP contribution in [0.4, 0.5) is 22.7 Å². The van der Waals surface area contributed by atoms with Gasteiger partial charge in [0.25, 0.3) is 0 Å². The largest absolute Gasteiger partial charge is 0.399 e. The van der Waals surface area contributed by atoms with Crippen molar-refractivity contribution in [3.8, 4) is 22.3 Å². The van der Waals surface area contributed by atoms with Gasteiger partial charge in [-0.3, -0.25) is 0 Å². The van der Waals surface area contributed by atoms with Gasteiger partial charge in [-0.1, -0.05) is 98.8 Å². The second-order valence-electron chi connectivity index (χ2n) is 10.8. The zero-order valence-corrected chi connectivity index (χ0v) is 23.5. The first kappa shape index (κ1) is 27.4. The van der Waals surface area contributed by atoms with Crippen molar-refractivity contribution in [1.29, 1.82) is 0 Å². The lowest BCUT2D eigenvalue weighted by Gasteiger charge is -2.28. The molecule has 6 aromatic carbocycles. The van der Waals surface area contributed by atoms with Crippen LogP contribution in [0, 0.1) is 0 Å². The van der Waals surface area contributed by atoms with Crippen LogP contribution in [0.25, 0.3) is 33.0 Å². The maximum atomic E-state index is 6.32. The van der Waals surface area contributed by atoms with Crippen LogP contribution in [0.5, 0.6) is 0 Å². The standard InChI is InChI=1S/C27H28N4.C10H8/c1-27(2,19-7-13-25(30)23(15-19)17-3-9-21(28)10-4-17)20-8-14-26(31)24(16-20)18-5-11-22(29)12-6-18;1-2-6-10-8-4-3-7-9(10)5-1/h3-16H,28-31H2,1-2H3;1-8H. The summed E-state index contributed by atoms with van der Waals surface area (Å²) in [7, 11) is 0. The molecule has 0 saturated carbocycles. The molecule has 0 heterocycles. The maximum Gasteiger partial charge on any atom is 0.0393 e. The second kappa shape index (κ2) is 11.5. The zero-order chi connectivity index (χ0) is 29.0. The highest BCUT2D eigenvalue weighted by Gasteiger charge is 2.25. The van der Waals surface area contributed by atoms with Crippen LogP contribution >= 0.6 is 0 Å². The highest BCUT2D eigenvalue weighted by atomic mass is 14.6. The number of nitrogen functional groups attached to an aromatic ring is 4. The fraction of sp³-hybridized carbons (Fsp3) is 0.0811. The van der Waals surface area contributed by atoms with Crippen molar-refractivity contribution in [3.63, 3.8) is 0 Å². The third kappa shape index (κ3) is 6.02. The summed E-state index contributed by atoms with van der Waals surface area (Å²) >= 11 is 0. The Bertz CT molecular complexity index is 1620. The van der Waals surface area contributed by atoms with Crippen molar-refractivity contribution >= 4 is 33.5 Å². The molecule has 6 rings (SSSR count). The molecular formula is C37H36N4. The average molecular weight is 537 g/mol. The Morgan fingerprint density at radius 2 is 0.756 bits per heavy atom. The highest BCUT2D eigenvalue weighted by molar-refractivity contribution is 5.82. The number of fused-ring (bicyclic) bond motifs is 1. The molecule has 0 amide bonds. The summed E-state index contributed by atoms with van der Waals surface area (Å²) in [6.07, 6.45) is 0. The summed E-state index contributed by atoms with van der Waals surface area (Å²) in [6, 6.07) is 44.8. The molecule has 8 N–H and O–H groups in total. The molecule has 0 aromatic heterocycles. The summed E-state index contributed by atoms with van der Waals surface area (Å²) in [5, 5.41) is 2.62. The van der Waals surface area contributed by atoms with Gasteiger partial charge in [-0.25, -0.2) is 0 Å². The van der Waals surface area contributed by atoms with Crippen LogP contribution in [0.2, 0.25) is 0 Å². The van der Waals surface area contributed by atoms with E-state index >= 15 is 0 Å². The molecule has 0 aliphatic heterocycles. The molecule has 0 fully saturated rings. The van der Waals surface area contributed by atoms with Crippen molar-refractivity contribution in [2.45, 2.75) is 19.3 Å². The molecule has 6 aromatic rings. The molecule has 4 heteroatoms. The Morgan fingerprint density at radius 1 is 0.415 bits per heavy atom. The molecule has 41 heavy (non-hydrogen) atoms. The third-order valence-electron chi connectivity index (χ3n) is 7.65. The smallest absolute Gasteiger partial charge is 0.0393 e. The van der Waals surface area contributed by atoms with Crippen LogP contribution < -0.4 is 22.9 Å². The maximum absolute atomic E-state index is 6.32. The monoisotopic (exact) mass is 536 g/mol. The minimum Gasteiger partial charge on any atom is -0.399 e. The van der Waals surface area contributed by atoms with Crippen molar-refractivity contribution in [2.75, 3.05) is 22.9 Å². The van der Waals surface area contributed by atoms with Gasteiger partial charge >= 0.3 is 0 Å². The topological polar surface area (TPSA) is 104 Å². The lowest BCUT2D eigenvalue weighted by Crippen LogP contribution is -2.19. The molecule has 204 valence electrons. The molecule has 0 aliphatic carbocycles. The first-order valence-corrected chi connectivity index (χ1v) is 13.7. The van der Waals surface area contributed by atoms with E-state index in [1.165, 1.54) is 21.9 Å². The molecule has 0 radical (unpaired) electrons. The predicted octanol–water partition coefficient (Wildman–Crippen LogP) is 8.52. The molecule has 0 bridgehead atoms. The third-order valence-corrected chi connectivity index (χ3v) is 7.65. The van der Waals surface area contributed by atoms with Crippen molar-refractivity contribution in [3.05, 3.63) is 145 Å². The van der Waals surface area contributed by atoms with Gasteiger partial charge in [0.05, 0.1) is 0 Å². The number of benzene rings is 6. The normalized spacial score (nSPS) is 11.1. The SMILES string of the molecule is CC(C)(c1ccc(N)c(-c2ccc(N)cc2)c1)c1ccc(N)c(-c2ccc(N)cc2)c1.c1ccc2ccccc2c1. The van der Waals surface area contributed by atoms with Crippen molar-refractivity contribution < 1.29 is 0 Å². The number of hydrogen-bond acceptors (Lipinski definition) is 4. The fourth-order valence-electron chi connectivity index (χ4n) is 5.02. The summed E-state index contributed by atoms with van der Waals surface area (Å²) in [4.78, 5) is 0. The second-order valence-corrected chi connectivity index (χ2v) is 10.8. The predicted molar refractivity (Wildman–Crippen MR) is 177 cm³/mol. The summed E-state index contributed by atoms with van der Waals surface area (Å²) in [5.41, 5.74) is 33.4. The Hall–Kier alpha value is -5.22. The number of hydrogen-bond donors (Lipinski definition) is 4. The van der Waals surface area contributed by atoms with Crippen LogP contribution in [0.15, 0.2) is 133 Å². The molecular weight excluding hydrogens is 500 g/mol. The van der Waals surface area contributed by atoms with Gasteiger partial charge < -0.3 is 22.9 Å². The minimum atomic E-state index is -0.257. The van der Waals surface area contributed by atoms with E-state index < -0.39 is 0 Å². The Balaban J connectivity index is 0.000000282. The summed E-state index contributed by atoms with van der Waals surface area (Å²) in [5.74, 6) is 0. The summed E-state index contributed by atoms with van der Waals surface area (Å²) < 4.78 is 0. The van der Waals surface area contributed by atoms with Gasteiger partial charge in [0.2, 0.25) is 0 Å². The minimum absolute atomic E-state index is 0.257. The van der Waals surface area contributed by atoms with Crippen LogP contribution in [0.1, 0.15) is 25.0 Å². The van der Waals surface area contributed by atoms with Gasteiger partial charge in [-0.15, -0.1) is 0 Å². The highest BCUT2D eigenvalue weighted by Crippen LogP contribution is 2.39. The Labute approximate surface area is 242 Å². The Kier molecular flexibility index (Phi) is 7.66. The molecule has 0 saturated heterocycles.